The average Bonchev–Trinajstić information content (AvgIpc) is 2.62. The maximum atomic E-state index is 12.3. The lowest BCUT2D eigenvalue weighted by Crippen LogP contribution is -2.22. The van der Waals surface area contributed by atoms with E-state index in [1.807, 2.05) is 44.2 Å². The zero-order valence-electron chi connectivity index (χ0n) is 14.7. The lowest BCUT2D eigenvalue weighted by Gasteiger charge is -2.11. The van der Waals surface area contributed by atoms with Crippen molar-refractivity contribution >= 4 is 23.2 Å². The normalized spacial score (nSPS) is 11.3. The highest BCUT2D eigenvalue weighted by Crippen LogP contribution is 2.11. The predicted molar refractivity (Wildman–Crippen MR) is 101 cm³/mol. The Hall–Kier alpha value is -2.95. The molecule has 0 unspecified atom stereocenters. The Balaban J connectivity index is 2.09. The van der Waals surface area contributed by atoms with E-state index in [0.29, 0.717) is 17.7 Å². The van der Waals surface area contributed by atoms with Gasteiger partial charge >= 0.3 is 0 Å². The molecule has 0 radical (unpaired) electrons. The van der Waals surface area contributed by atoms with Gasteiger partial charge in [0.2, 0.25) is 5.91 Å². The number of carbonyl (C=O) groups excluding carboxylic acids is 2. The summed E-state index contributed by atoms with van der Waals surface area (Å²) >= 11 is 0. The quantitative estimate of drug-likeness (QED) is 0.621. The third kappa shape index (κ3) is 5.28. The molecule has 0 aliphatic heterocycles. The molecular formula is C20H23N3O2. The van der Waals surface area contributed by atoms with E-state index < -0.39 is 0 Å². The molecule has 2 amide bonds. The first kappa shape index (κ1) is 18.4. The Morgan fingerprint density at radius 2 is 1.60 bits per heavy atom. The van der Waals surface area contributed by atoms with Crippen molar-refractivity contribution < 1.29 is 9.59 Å². The lowest BCUT2D eigenvalue weighted by molar-refractivity contribution is -0.115. The molecule has 0 atom stereocenters. The smallest absolute Gasteiger partial charge is 0.271 e. The molecule has 5 heteroatoms. The summed E-state index contributed by atoms with van der Waals surface area (Å²) in [6.07, 6.45) is 0.411. The van der Waals surface area contributed by atoms with Crippen LogP contribution in [0.2, 0.25) is 0 Å². The van der Waals surface area contributed by atoms with Crippen molar-refractivity contribution in [3.63, 3.8) is 0 Å². The zero-order chi connectivity index (χ0) is 18.2. The average molecular weight is 337 g/mol. The van der Waals surface area contributed by atoms with Gasteiger partial charge in [-0.15, -0.1) is 0 Å². The van der Waals surface area contributed by atoms with Crippen LogP contribution in [0, 0.1) is 5.92 Å². The fourth-order valence-corrected chi connectivity index (χ4v) is 2.27. The fraction of sp³-hybridized carbons (Fsp3) is 0.250. The Bertz CT molecular complexity index is 750. The fourth-order valence-electron chi connectivity index (χ4n) is 2.27. The number of benzene rings is 2. The van der Waals surface area contributed by atoms with Crippen LogP contribution in [0.15, 0.2) is 59.7 Å². The number of nitrogens with one attached hydrogen (secondary N) is 2. The number of rotatable bonds is 6. The standard InChI is InChI=1S/C20H23N3O2/c1-4-18(24)21-17-12-10-16(11-13-17)20(25)23-22-19(14(2)3)15-8-6-5-7-9-15/h5-14H,4H2,1-3H3,(H,21,24)(H,23,25)/b22-19+. The van der Waals surface area contributed by atoms with Gasteiger partial charge in [-0.25, -0.2) is 5.43 Å². The van der Waals surface area contributed by atoms with Crippen LogP contribution in [0.25, 0.3) is 0 Å². The second-order valence-electron chi connectivity index (χ2n) is 5.94. The first-order valence-corrected chi connectivity index (χ1v) is 8.34. The first-order chi connectivity index (χ1) is 12.0. The topological polar surface area (TPSA) is 70.6 Å². The summed E-state index contributed by atoms with van der Waals surface area (Å²) in [4.78, 5) is 23.7. The minimum atomic E-state index is -0.289. The van der Waals surface area contributed by atoms with E-state index in [2.05, 4.69) is 15.8 Å². The van der Waals surface area contributed by atoms with Crippen molar-refractivity contribution in [2.45, 2.75) is 27.2 Å². The van der Waals surface area contributed by atoms with Crippen molar-refractivity contribution in [2.75, 3.05) is 5.32 Å². The van der Waals surface area contributed by atoms with Gasteiger partial charge in [0.15, 0.2) is 0 Å². The third-order valence-corrected chi connectivity index (χ3v) is 3.65. The van der Waals surface area contributed by atoms with Crippen molar-refractivity contribution in [3.8, 4) is 0 Å². The molecule has 130 valence electrons. The molecule has 0 saturated carbocycles. The van der Waals surface area contributed by atoms with Crippen LogP contribution in [0.4, 0.5) is 5.69 Å². The number of nitrogens with zero attached hydrogens (tertiary/aromatic N) is 1. The first-order valence-electron chi connectivity index (χ1n) is 8.34. The summed E-state index contributed by atoms with van der Waals surface area (Å²) in [6.45, 7) is 5.85. The minimum Gasteiger partial charge on any atom is -0.326 e. The number of hydrogen-bond acceptors (Lipinski definition) is 3. The van der Waals surface area contributed by atoms with Gasteiger partial charge in [-0.2, -0.15) is 5.10 Å². The maximum Gasteiger partial charge on any atom is 0.271 e. The minimum absolute atomic E-state index is 0.0637. The molecule has 2 rings (SSSR count). The van der Waals surface area contributed by atoms with E-state index >= 15 is 0 Å². The Morgan fingerprint density at radius 1 is 0.960 bits per heavy atom. The summed E-state index contributed by atoms with van der Waals surface area (Å²) in [5.41, 5.74) is 5.56. The lowest BCUT2D eigenvalue weighted by atomic mass is 10.0. The molecule has 0 heterocycles. The van der Waals surface area contributed by atoms with Gasteiger partial charge in [-0.3, -0.25) is 9.59 Å². The maximum absolute atomic E-state index is 12.3. The summed E-state index contributed by atoms with van der Waals surface area (Å²) < 4.78 is 0. The van der Waals surface area contributed by atoms with Gasteiger partial charge in [0.05, 0.1) is 5.71 Å². The summed E-state index contributed by atoms with van der Waals surface area (Å²) in [5.74, 6) is -0.178. The number of carbonyl (C=O) groups is 2. The highest BCUT2D eigenvalue weighted by atomic mass is 16.2. The van der Waals surface area contributed by atoms with Gasteiger partial charge < -0.3 is 5.32 Å². The van der Waals surface area contributed by atoms with Gasteiger partial charge in [0.25, 0.3) is 5.91 Å². The largest absolute Gasteiger partial charge is 0.326 e. The van der Waals surface area contributed by atoms with Crippen molar-refractivity contribution in [1.82, 2.24) is 5.43 Å². The number of amides is 2. The van der Waals surface area contributed by atoms with E-state index in [1.54, 1.807) is 31.2 Å². The molecule has 0 aliphatic rings. The molecular weight excluding hydrogens is 314 g/mol. The molecule has 25 heavy (non-hydrogen) atoms. The van der Waals surface area contributed by atoms with E-state index in [4.69, 9.17) is 0 Å². The van der Waals surface area contributed by atoms with E-state index in [9.17, 15) is 9.59 Å². The van der Waals surface area contributed by atoms with Crippen LogP contribution in [-0.2, 0) is 4.79 Å². The molecule has 2 N–H and O–H groups in total. The highest BCUT2D eigenvalue weighted by molar-refractivity contribution is 6.03. The number of anilines is 1. The monoisotopic (exact) mass is 337 g/mol. The number of hydrogen-bond donors (Lipinski definition) is 2. The van der Waals surface area contributed by atoms with Gasteiger partial charge in [0.1, 0.15) is 0 Å². The molecule has 0 spiro atoms. The Morgan fingerprint density at radius 3 is 2.16 bits per heavy atom. The Labute approximate surface area is 148 Å². The third-order valence-electron chi connectivity index (χ3n) is 3.65. The molecule has 2 aromatic carbocycles. The van der Waals surface area contributed by atoms with Crippen molar-refractivity contribution in [1.29, 1.82) is 0 Å². The van der Waals surface area contributed by atoms with E-state index in [1.165, 1.54) is 0 Å². The van der Waals surface area contributed by atoms with Crippen LogP contribution >= 0.6 is 0 Å². The van der Waals surface area contributed by atoms with Crippen LogP contribution in [0.3, 0.4) is 0 Å². The van der Waals surface area contributed by atoms with Crippen LogP contribution in [0.1, 0.15) is 43.1 Å². The predicted octanol–water partition coefficient (Wildman–Crippen LogP) is 3.83. The van der Waals surface area contributed by atoms with Gasteiger partial charge in [-0.1, -0.05) is 51.1 Å². The van der Waals surface area contributed by atoms with Crippen molar-refractivity contribution in [2.24, 2.45) is 11.0 Å². The summed E-state index contributed by atoms with van der Waals surface area (Å²) in [6, 6.07) is 16.5. The molecule has 5 nitrogen and oxygen atoms in total. The van der Waals surface area contributed by atoms with E-state index in [-0.39, 0.29) is 17.7 Å². The summed E-state index contributed by atoms with van der Waals surface area (Å²) in [5, 5.41) is 7.05. The second-order valence-corrected chi connectivity index (χ2v) is 5.94. The summed E-state index contributed by atoms with van der Waals surface area (Å²) in [7, 11) is 0. The molecule has 0 saturated heterocycles. The molecule has 0 bridgehead atoms. The highest BCUT2D eigenvalue weighted by Gasteiger charge is 2.10. The SMILES string of the molecule is CCC(=O)Nc1ccc(C(=O)N/N=C(/c2ccccc2)C(C)C)cc1. The Kier molecular flexibility index (Phi) is 6.46. The van der Waals surface area contributed by atoms with Crippen LogP contribution in [-0.4, -0.2) is 17.5 Å². The van der Waals surface area contributed by atoms with Crippen LogP contribution in [0.5, 0.6) is 0 Å². The zero-order valence-corrected chi connectivity index (χ0v) is 14.7. The second kappa shape index (κ2) is 8.78. The van der Waals surface area contributed by atoms with Gasteiger partial charge in [0, 0.05) is 17.7 Å². The molecule has 0 aliphatic carbocycles. The van der Waals surface area contributed by atoms with Crippen LogP contribution < -0.4 is 10.7 Å². The van der Waals surface area contributed by atoms with Gasteiger partial charge in [-0.05, 0) is 35.7 Å². The number of hydrazone groups is 1. The molecule has 0 aromatic heterocycles. The molecule has 2 aromatic rings. The van der Waals surface area contributed by atoms with Crippen molar-refractivity contribution in [3.05, 3.63) is 65.7 Å². The van der Waals surface area contributed by atoms with E-state index in [0.717, 1.165) is 11.3 Å². The molecule has 0 fully saturated rings.